The van der Waals surface area contributed by atoms with Crippen LogP contribution in [-0.2, 0) is 30.6 Å². The zero-order valence-corrected chi connectivity index (χ0v) is 18.7. The summed E-state index contributed by atoms with van der Waals surface area (Å²) >= 11 is 0. The highest BCUT2D eigenvalue weighted by Gasteiger charge is 2.27. The monoisotopic (exact) mass is 449 g/mol. The molecule has 1 aliphatic carbocycles. The molecule has 170 valence electrons. The van der Waals surface area contributed by atoms with E-state index in [0.717, 1.165) is 24.5 Å². The first-order valence-corrected chi connectivity index (χ1v) is 12.2. The first-order chi connectivity index (χ1) is 14.9. The molecule has 1 aliphatic rings. The van der Waals surface area contributed by atoms with Crippen LogP contribution >= 0.6 is 0 Å². The number of hydrogen-bond donors (Lipinski definition) is 1. The van der Waals surface area contributed by atoms with E-state index in [1.807, 2.05) is 12.5 Å². The van der Waals surface area contributed by atoms with Crippen molar-refractivity contribution in [1.29, 1.82) is 0 Å². The number of nitrogens with two attached hydrogens (primary N) is 1. The minimum absolute atomic E-state index is 0.0816. The standard InChI is InChI=1S/C22H31N3O5S/c1-17-9-11-20(12-10-17)25-15-19(24-16-25)14-18(6-5-13-23)22(26)29-30-31(27,28)21-7-3-2-4-8-21/h2-4,7-8,15-18,20H,5-6,9-14,23H2,1H3/t17?,18-,20?/m0/s1. The summed E-state index contributed by atoms with van der Waals surface area (Å²) < 4.78 is 31.1. The molecule has 0 amide bonds. The zero-order valence-electron chi connectivity index (χ0n) is 17.9. The van der Waals surface area contributed by atoms with Gasteiger partial charge in [-0.15, -0.1) is 0 Å². The van der Waals surface area contributed by atoms with Gasteiger partial charge in [-0.3, -0.25) is 4.89 Å². The molecule has 1 heterocycles. The third-order valence-corrected chi connectivity index (χ3v) is 6.94. The summed E-state index contributed by atoms with van der Waals surface area (Å²) in [5, 5.41) is 0. The van der Waals surface area contributed by atoms with Gasteiger partial charge in [0.15, 0.2) is 0 Å². The summed E-state index contributed by atoms with van der Waals surface area (Å²) in [6.45, 7) is 2.70. The second-order valence-electron chi connectivity index (χ2n) is 8.30. The minimum Gasteiger partial charge on any atom is -0.334 e. The molecule has 31 heavy (non-hydrogen) atoms. The van der Waals surface area contributed by atoms with Gasteiger partial charge in [-0.05, 0) is 67.5 Å². The van der Waals surface area contributed by atoms with E-state index >= 15 is 0 Å². The Morgan fingerprint density at radius 3 is 2.61 bits per heavy atom. The highest BCUT2D eigenvalue weighted by molar-refractivity contribution is 7.86. The van der Waals surface area contributed by atoms with Gasteiger partial charge in [-0.1, -0.05) is 25.1 Å². The van der Waals surface area contributed by atoms with Crippen molar-refractivity contribution in [1.82, 2.24) is 9.55 Å². The average molecular weight is 450 g/mol. The van der Waals surface area contributed by atoms with Crippen molar-refractivity contribution < 1.29 is 22.4 Å². The lowest BCUT2D eigenvalue weighted by Gasteiger charge is -2.26. The van der Waals surface area contributed by atoms with Crippen molar-refractivity contribution in [2.45, 2.75) is 62.8 Å². The van der Waals surface area contributed by atoms with Gasteiger partial charge >= 0.3 is 16.1 Å². The van der Waals surface area contributed by atoms with Crippen LogP contribution in [-0.4, -0.2) is 30.5 Å². The van der Waals surface area contributed by atoms with Crippen molar-refractivity contribution in [3.8, 4) is 0 Å². The summed E-state index contributed by atoms with van der Waals surface area (Å²) in [5.41, 5.74) is 6.37. The highest BCUT2D eigenvalue weighted by atomic mass is 32.2. The van der Waals surface area contributed by atoms with E-state index in [1.54, 1.807) is 18.2 Å². The Kier molecular flexibility index (Phi) is 8.22. The molecule has 1 saturated carbocycles. The lowest BCUT2D eigenvalue weighted by molar-refractivity contribution is -0.216. The Hall–Kier alpha value is -2.23. The number of hydrogen-bond acceptors (Lipinski definition) is 7. The van der Waals surface area contributed by atoms with Crippen LogP contribution in [0.15, 0.2) is 47.8 Å². The number of benzene rings is 1. The SMILES string of the molecule is CC1CCC(n2cnc(C[C@H](CCCN)C(=O)OOS(=O)(=O)c3ccccc3)c2)CC1. The fraction of sp³-hybridized carbons (Fsp3) is 0.545. The topological polar surface area (TPSA) is 114 Å². The lowest BCUT2D eigenvalue weighted by atomic mass is 9.87. The maximum atomic E-state index is 12.6. The third-order valence-electron chi connectivity index (χ3n) is 5.85. The van der Waals surface area contributed by atoms with Crippen LogP contribution in [0, 0.1) is 11.8 Å². The first-order valence-electron chi connectivity index (χ1n) is 10.8. The predicted octanol–water partition coefficient (Wildman–Crippen LogP) is 3.40. The van der Waals surface area contributed by atoms with Crippen molar-refractivity contribution in [2.24, 2.45) is 17.6 Å². The van der Waals surface area contributed by atoms with Crippen LogP contribution in [0.5, 0.6) is 0 Å². The van der Waals surface area contributed by atoms with E-state index in [2.05, 4.69) is 20.8 Å². The van der Waals surface area contributed by atoms with Crippen LogP contribution < -0.4 is 5.73 Å². The third kappa shape index (κ3) is 6.62. The molecule has 1 atom stereocenters. The quantitative estimate of drug-likeness (QED) is 0.437. The number of carbonyl (C=O) groups is 1. The lowest BCUT2D eigenvalue weighted by Crippen LogP contribution is -2.23. The molecular formula is C22H31N3O5S. The predicted molar refractivity (Wildman–Crippen MR) is 115 cm³/mol. The Balaban J connectivity index is 1.61. The molecule has 2 aromatic rings. The molecule has 2 N–H and O–H groups in total. The van der Waals surface area contributed by atoms with Crippen molar-refractivity contribution in [3.05, 3.63) is 48.5 Å². The number of carbonyl (C=O) groups excluding carboxylic acids is 1. The summed E-state index contributed by atoms with van der Waals surface area (Å²) in [5.74, 6) is -0.569. The van der Waals surface area contributed by atoms with E-state index in [1.165, 1.54) is 25.0 Å². The molecule has 1 fully saturated rings. The highest BCUT2D eigenvalue weighted by Crippen LogP contribution is 2.32. The van der Waals surface area contributed by atoms with Gasteiger partial charge in [0, 0.05) is 18.7 Å². The van der Waals surface area contributed by atoms with Gasteiger partial charge < -0.3 is 10.3 Å². The van der Waals surface area contributed by atoms with Gasteiger partial charge in [0.05, 0.1) is 22.8 Å². The van der Waals surface area contributed by atoms with E-state index in [0.29, 0.717) is 31.8 Å². The summed E-state index contributed by atoms with van der Waals surface area (Å²) in [7, 11) is -4.18. The van der Waals surface area contributed by atoms with Crippen LogP contribution in [0.1, 0.15) is 57.2 Å². The van der Waals surface area contributed by atoms with Crippen molar-refractivity contribution >= 4 is 16.1 Å². The molecule has 0 radical (unpaired) electrons. The fourth-order valence-electron chi connectivity index (χ4n) is 3.92. The number of rotatable bonds is 10. The van der Waals surface area contributed by atoms with E-state index < -0.39 is 22.0 Å². The smallest absolute Gasteiger partial charge is 0.334 e. The number of nitrogens with zero attached hydrogens (tertiary/aromatic N) is 2. The second kappa shape index (κ2) is 10.9. The Bertz CT molecular complexity index is 937. The fourth-order valence-corrected chi connectivity index (χ4v) is 4.64. The van der Waals surface area contributed by atoms with Gasteiger partial charge in [0.2, 0.25) is 0 Å². The molecular weight excluding hydrogens is 418 g/mol. The molecule has 0 spiro atoms. The molecule has 0 aliphatic heterocycles. The molecule has 8 nitrogen and oxygen atoms in total. The minimum atomic E-state index is -4.18. The van der Waals surface area contributed by atoms with Gasteiger partial charge in [-0.2, -0.15) is 8.42 Å². The first kappa shape index (κ1) is 23.4. The van der Waals surface area contributed by atoms with Crippen LogP contribution in [0.2, 0.25) is 0 Å². The normalized spacial score (nSPS) is 20.3. The van der Waals surface area contributed by atoms with E-state index in [-0.39, 0.29) is 4.90 Å². The number of imidazole rings is 1. The van der Waals surface area contributed by atoms with Gasteiger partial charge in [-0.25, -0.2) is 9.78 Å². The summed E-state index contributed by atoms with van der Waals surface area (Å²) in [6, 6.07) is 7.98. The second-order valence-corrected chi connectivity index (χ2v) is 9.81. The Morgan fingerprint density at radius 1 is 1.23 bits per heavy atom. The molecule has 1 aromatic carbocycles. The average Bonchev–Trinajstić information content (AvgIpc) is 3.24. The molecule has 0 unspecified atom stereocenters. The molecule has 0 saturated heterocycles. The molecule has 3 rings (SSSR count). The van der Waals surface area contributed by atoms with Crippen LogP contribution in [0.25, 0.3) is 0 Å². The maximum absolute atomic E-state index is 12.6. The Morgan fingerprint density at radius 2 is 1.94 bits per heavy atom. The zero-order chi connectivity index (χ0) is 22.3. The van der Waals surface area contributed by atoms with E-state index in [9.17, 15) is 13.2 Å². The van der Waals surface area contributed by atoms with Crippen LogP contribution in [0.3, 0.4) is 0 Å². The Labute approximate surface area is 183 Å². The summed E-state index contributed by atoms with van der Waals surface area (Å²) in [6.07, 6.45) is 9.85. The molecule has 9 heteroatoms. The summed E-state index contributed by atoms with van der Waals surface area (Å²) in [4.78, 5) is 21.7. The van der Waals surface area contributed by atoms with Crippen molar-refractivity contribution in [3.63, 3.8) is 0 Å². The molecule has 0 bridgehead atoms. The number of aromatic nitrogens is 2. The van der Waals surface area contributed by atoms with E-state index in [4.69, 9.17) is 10.6 Å². The van der Waals surface area contributed by atoms with Crippen molar-refractivity contribution in [2.75, 3.05) is 6.54 Å². The van der Waals surface area contributed by atoms with Gasteiger partial charge in [0.25, 0.3) is 0 Å². The van der Waals surface area contributed by atoms with Gasteiger partial charge in [0.1, 0.15) is 0 Å². The molecule has 1 aromatic heterocycles. The van der Waals surface area contributed by atoms with Crippen LogP contribution in [0.4, 0.5) is 0 Å². The largest absolute Gasteiger partial charge is 0.347 e. The maximum Gasteiger partial charge on any atom is 0.347 e.